The molecule has 1 aromatic heterocycles. The lowest BCUT2D eigenvalue weighted by atomic mass is 10.1. The molecule has 0 N–H and O–H groups in total. The fraction of sp³-hybridized carbons (Fsp3) is 0.714. The van der Waals surface area contributed by atoms with Gasteiger partial charge < -0.3 is 4.90 Å². The summed E-state index contributed by atoms with van der Waals surface area (Å²) in [5, 5.41) is 2.81. The molecule has 106 valence electrons. The van der Waals surface area contributed by atoms with Crippen molar-refractivity contribution in [2.75, 3.05) is 7.05 Å². The van der Waals surface area contributed by atoms with Crippen molar-refractivity contribution in [2.24, 2.45) is 0 Å². The molecule has 0 spiro atoms. The zero-order chi connectivity index (χ0) is 13.7. The average Bonchev–Trinajstić information content (AvgIpc) is 2.70. The molecule has 0 unspecified atom stereocenters. The Balaban J connectivity index is 1.90. The van der Waals surface area contributed by atoms with Gasteiger partial charge in [-0.05, 0) is 12.8 Å². The van der Waals surface area contributed by atoms with Crippen molar-refractivity contribution in [3.8, 4) is 0 Å². The number of alkyl halides is 1. The van der Waals surface area contributed by atoms with Crippen LogP contribution in [0.3, 0.4) is 0 Å². The summed E-state index contributed by atoms with van der Waals surface area (Å²) < 4.78 is 0. The van der Waals surface area contributed by atoms with Gasteiger partial charge in [-0.2, -0.15) is 0 Å². The monoisotopic (exact) mass is 300 g/mol. The molecule has 1 saturated carbocycles. The van der Waals surface area contributed by atoms with Crippen LogP contribution in [0.1, 0.15) is 49.2 Å². The van der Waals surface area contributed by atoms with Crippen molar-refractivity contribution >= 4 is 28.8 Å². The van der Waals surface area contributed by atoms with Crippen LogP contribution >= 0.6 is 22.9 Å². The Labute approximate surface area is 124 Å². The molecule has 3 nitrogen and oxygen atoms in total. The minimum absolute atomic E-state index is 0.183. The van der Waals surface area contributed by atoms with Gasteiger partial charge in [0, 0.05) is 18.5 Å². The highest BCUT2D eigenvalue weighted by Crippen LogP contribution is 2.22. The van der Waals surface area contributed by atoms with Gasteiger partial charge in [-0.3, -0.25) is 4.79 Å². The first-order valence-electron chi connectivity index (χ1n) is 6.95. The van der Waals surface area contributed by atoms with E-state index in [0.717, 1.165) is 23.5 Å². The largest absolute Gasteiger partial charge is 0.342 e. The molecule has 1 heterocycles. The zero-order valence-electron chi connectivity index (χ0n) is 11.4. The molecule has 1 fully saturated rings. The Morgan fingerprint density at radius 1 is 1.42 bits per heavy atom. The molecule has 1 aromatic rings. The molecule has 5 heteroatoms. The zero-order valence-corrected chi connectivity index (χ0v) is 13.0. The highest BCUT2D eigenvalue weighted by molar-refractivity contribution is 7.09. The lowest BCUT2D eigenvalue weighted by Gasteiger charge is -2.27. The Hall–Kier alpha value is -0.610. The number of amides is 1. The highest BCUT2D eigenvalue weighted by atomic mass is 35.5. The fourth-order valence-corrected chi connectivity index (χ4v) is 3.61. The third kappa shape index (κ3) is 4.18. The maximum atomic E-state index is 12.3. The lowest BCUT2D eigenvalue weighted by molar-refractivity contribution is -0.131. The quantitative estimate of drug-likeness (QED) is 0.629. The molecule has 0 aliphatic heterocycles. The maximum absolute atomic E-state index is 12.3. The third-order valence-corrected chi connectivity index (χ3v) is 4.98. The number of nitrogens with zero attached hydrogens (tertiary/aromatic N) is 2. The van der Waals surface area contributed by atoms with Crippen LogP contribution < -0.4 is 0 Å². The van der Waals surface area contributed by atoms with E-state index in [0.29, 0.717) is 18.3 Å². The van der Waals surface area contributed by atoms with E-state index < -0.39 is 0 Å². The van der Waals surface area contributed by atoms with E-state index >= 15 is 0 Å². The number of aromatic nitrogens is 1. The van der Waals surface area contributed by atoms with Gasteiger partial charge >= 0.3 is 0 Å². The SMILES string of the molecule is CN(C(=O)Cc1nc(CCl)cs1)C1CCCCCC1. The van der Waals surface area contributed by atoms with Crippen LogP contribution in [0.2, 0.25) is 0 Å². The molecule has 19 heavy (non-hydrogen) atoms. The maximum Gasteiger partial charge on any atom is 0.229 e. The summed E-state index contributed by atoms with van der Waals surface area (Å²) >= 11 is 7.26. The first-order chi connectivity index (χ1) is 9.20. The first kappa shape index (κ1) is 14.8. The van der Waals surface area contributed by atoms with E-state index in [-0.39, 0.29) is 5.91 Å². The van der Waals surface area contributed by atoms with Gasteiger partial charge in [0.2, 0.25) is 5.91 Å². The van der Waals surface area contributed by atoms with Crippen LogP contribution in [0.4, 0.5) is 0 Å². The molecule has 0 atom stereocenters. The number of likely N-dealkylation sites (N-methyl/N-ethyl adjacent to an activating group) is 1. The second kappa shape index (κ2) is 7.25. The van der Waals surface area contributed by atoms with Crippen LogP contribution in [0.25, 0.3) is 0 Å². The molecule has 2 rings (SSSR count). The topological polar surface area (TPSA) is 33.2 Å². The highest BCUT2D eigenvalue weighted by Gasteiger charge is 2.21. The number of thiazole rings is 1. The van der Waals surface area contributed by atoms with Gasteiger partial charge in [-0.25, -0.2) is 4.98 Å². The van der Waals surface area contributed by atoms with E-state index in [1.54, 1.807) is 0 Å². The molecule has 1 aliphatic rings. The smallest absolute Gasteiger partial charge is 0.229 e. The van der Waals surface area contributed by atoms with Crippen LogP contribution in [0.15, 0.2) is 5.38 Å². The summed E-state index contributed by atoms with van der Waals surface area (Å²) in [6.45, 7) is 0. The Bertz CT molecular complexity index is 413. The molecule has 0 saturated heterocycles. The number of rotatable bonds is 4. The molecule has 0 radical (unpaired) electrons. The summed E-state index contributed by atoms with van der Waals surface area (Å²) in [6.07, 6.45) is 7.81. The summed E-state index contributed by atoms with van der Waals surface area (Å²) in [4.78, 5) is 18.6. The average molecular weight is 301 g/mol. The molecule has 1 aliphatic carbocycles. The van der Waals surface area contributed by atoms with Crippen molar-refractivity contribution in [1.29, 1.82) is 0 Å². The van der Waals surface area contributed by atoms with Crippen molar-refractivity contribution in [3.63, 3.8) is 0 Å². The van der Waals surface area contributed by atoms with E-state index in [2.05, 4.69) is 4.98 Å². The predicted octanol–water partition coefficient (Wildman–Crippen LogP) is 3.61. The van der Waals surface area contributed by atoms with Crippen LogP contribution in [0.5, 0.6) is 0 Å². The summed E-state index contributed by atoms with van der Waals surface area (Å²) in [6, 6.07) is 0.419. The van der Waals surface area contributed by atoms with Gasteiger partial charge in [-0.15, -0.1) is 22.9 Å². The van der Waals surface area contributed by atoms with E-state index in [9.17, 15) is 4.79 Å². The molecular formula is C14H21ClN2OS. The lowest BCUT2D eigenvalue weighted by Crippen LogP contribution is -2.37. The van der Waals surface area contributed by atoms with Crippen molar-refractivity contribution in [2.45, 2.75) is 56.9 Å². The van der Waals surface area contributed by atoms with Crippen molar-refractivity contribution in [3.05, 3.63) is 16.1 Å². The summed E-state index contributed by atoms with van der Waals surface area (Å²) in [7, 11) is 1.94. The molecular weight excluding hydrogens is 280 g/mol. The fourth-order valence-electron chi connectivity index (χ4n) is 2.59. The Morgan fingerprint density at radius 3 is 2.68 bits per heavy atom. The predicted molar refractivity (Wildman–Crippen MR) is 79.6 cm³/mol. The van der Waals surface area contributed by atoms with E-state index in [1.165, 1.54) is 37.0 Å². The first-order valence-corrected chi connectivity index (χ1v) is 8.37. The minimum Gasteiger partial charge on any atom is -0.342 e. The van der Waals surface area contributed by atoms with Gasteiger partial charge in [0.05, 0.1) is 18.0 Å². The van der Waals surface area contributed by atoms with Crippen LogP contribution in [-0.2, 0) is 17.1 Å². The second-order valence-corrected chi connectivity index (χ2v) is 6.40. The Morgan fingerprint density at radius 2 is 2.11 bits per heavy atom. The normalized spacial score (nSPS) is 17.2. The molecule has 1 amide bonds. The molecule has 0 aromatic carbocycles. The summed E-state index contributed by atoms with van der Waals surface area (Å²) in [5.74, 6) is 0.603. The number of carbonyl (C=O) groups excluding carboxylic acids is 1. The van der Waals surface area contributed by atoms with Crippen LogP contribution in [0, 0.1) is 0 Å². The number of hydrogen-bond donors (Lipinski definition) is 0. The van der Waals surface area contributed by atoms with Crippen molar-refractivity contribution < 1.29 is 4.79 Å². The third-order valence-electron chi connectivity index (χ3n) is 3.80. The standard InChI is InChI=1S/C14H21ClN2OS/c1-17(12-6-4-2-3-5-7-12)14(18)8-13-16-11(9-15)10-19-13/h10,12H,2-9H2,1H3. The van der Waals surface area contributed by atoms with Crippen LogP contribution in [-0.4, -0.2) is 28.9 Å². The minimum atomic E-state index is 0.183. The van der Waals surface area contributed by atoms with E-state index in [4.69, 9.17) is 11.6 Å². The van der Waals surface area contributed by atoms with Gasteiger partial charge in [-0.1, -0.05) is 25.7 Å². The van der Waals surface area contributed by atoms with Gasteiger partial charge in [0.15, 0.2) is 0 Å². The van der Waals surface area contributed by atoms with Crippen molar-refractivity contribution in [1.82, 2.24) is 9.88 Å². The Kier molecular flexibility index (Phi) is 5.64. The number of carbonyl (C=O) groups is 1. The second-order valence-electron chi connectivity index (χ2n) is 5.19. The van der Waals surface area contributed by atoms with Gasteiger partial charge in [0.25, 0.3) is 0 Å². The molecule has 0 bridgehead atoms. The van der Waals surface area contributed by atoms with E-state index in [1.807, 2.05) is 17.3 Å². The summed E-state index contributed by atoms with van der Waals surface area (Å²) in [5.41, 5.74) is 0.867. The van der Waals surface area contributed by atoms with Gasteiger partial charge in [0.1, 0.15) is 5.01 Å². The number of halogens is 1. The number of hydrogen-bond acceptors (Lipinski definition) is 3.